The zero-order valence-corrected chi connectivity index (χ0v) is 12.3. The highest BCUT2D eigenvalue weighted by molar-refractivity contribution is 6.29. The number of carbonyl (C=O) groups excluding carboxylic acids is 1. The second-order valence-electron chi connectivity index (χ2n) is 5.33. The second-order valence-corrected chi connectivity index (χ2v) is 5.72. The van der Waals surface area contributed by atoms with Crippen LogP contribution in [-0.2, 0) is 6.42 Å². The molecule has 1 fully saturated rings. The van der Waals surface area contributed by atoms with Crippen LogP contribution < -0.4 is 5.32 Å². The largest absolute Gasteiger partial charge is 0.349 e. The Balaban J connectivity index is 2.04. The highest BCUT2D eigenvalue weighted by Gasteiger charge is 2.23. The van der Waals surface area contributed by atoms with Crippen molar-refractivity contribution < 1.29 is 4.79 Å². The molecule has 1 aliphatic carbocycles. The van der Waals surface area contributed by atoms with Crippen LogP contribution in [0, 0.1) is 5.92 Å². The van der Waals surface area contributed by atoms with Crippen LogP contribution in [0.4, 0.5) is 0 Å². The molecule has 0 saturated heterocycles. The van der Waals surface area contributed by atoms with Crippen LogP contribution in [0.2, 0.25) is 5.15 Å². The van der Waals surface area contributed by atoms with Crippen LogP contribution in [0.3, 0.4) is 0 Å². The van der Waals surface area contributed by atoms with Gasteiger partial charge in [0.15, 0.2) is 0 Å². The van der Waals surface area contributed by atoms with Gasteiger partial charge in [-0.2, -0.15) is 0 Å². The monoisotopic (exact) mass is 280 g/mol. The standard InChI is InChI=1S/C15H21ClN2O/c1-3-13-8-12(9-14(16)18-13)15(19)17-10(2)11-6-4-5-7-11/h8-11H,3-7H2,1-2H3,(H,17,19). The van der Waals surface area contributed by atoms with Crippen molar-refractivity contribution in [1.29, 1.82) is 0 Å². The van der Waals surface area contributed by atoms with Gasteiger partial charge in [-0.25, -0.2) is 4.98 Å². The van der Waals surface area contributed by atoms with Crippen molar-refractivity contribution in [1.82, 2.24) is 10.3 Å². The topological polar surface area (TPSA) is 42.0 Å². The zero-order chi connectivity index (χ0) is 13.8. The number of hydrogen-bond donors (Lipinski definition) is 1. The molecule has 1 amide bonds. The van der Waals surface area contributed by atoms with Crippen molar-refractivity contribution in [3.8, 4) is 0 Å². The summed E-state index contributed by atoms with van der Waals surface area (Å²) >= 11 is 5.95. The van der Waals surface area contributed by atoms with E-state index in [0.29, 0.717) is 16.6 Å². The Hall–Kier alpha value is -1.09. The van der Waals surface area contributed by atoms with Crippen molar-refractivity contribution >= 4 is 17.5 Å². The van der Waals surface area contributed by atoms with Crippen LogP contribution in [0.5, 0.6) is 0 Å². The number of rotatable bonds is 4. The first kappa shape index (κ1) is 14.3. The van der Waals surface area contributed by atoms with Crippen molar-refractivity contribution in [3.05, 3.63) is 28.5 Å². The number of amides is 1. The summed E-state index contributed by atoms with van der Waals surface area (Å²) in [5.41, 5.74) is 1.47. The summed E-state index contributed by atoms with van der Waals surface area (Å²) in [7, 11) is 0. The fraction of sp³-hybridized carbons (Fsp3) is 0.600. The van der Waals surface area contributed by atoms with Crippen LogP contribution in [0.1, 0.15) is 55.6 Å². The first-order valence-electron chi connectivity index (χ1n) is 7.07. The number of hydrogen-bond acceptors (Lipinski definition) is 2. The molecule has 1 heterocycles. The van der Waals surface area contributed by atoms with E-state index in [1.54, 1.807) is 6.07 Å². The maximum atomic E-state index is 12.2. The third kappa shape index (κ3) is 3.69. The summed E-state index contributed by atoms with van der Waals surface area (Å²) in [6.45, 7) is 4.10. The van der Waals surface area contributed by atoms with Gasteiger partial charge in [-0.05, 0) is 44.2 Å². The van der Waals surface area contributed by atoms with E-state index < -0.39 is 0 Å². The van der Waals surface area contributed by atoms with E-state index in [1.165, 1.54) is 25.7 Å². The van der Waals surface area contributed by atoms with Gasteiger partial charge >= 0.3 is 0 Å². The maximum Gasteiger partial charge on any atom is 0.251 e. The number of halogens is 1. The normalized spacial score (nSPS) is 17.4. The average Bonchev–Trinajstić information content (AvgIpc) is 2.91. The lowest BCUT2D eigenvalue weighted by Gasteiger charge is -2.20. The Kier molecular flexibility index (Phi) is 4.81. The molecule has 1 aliphatic rings. The summed E-state index contributed by atoms with van der Waals surface area (Å²) in [5, 5.41) is 3.48. The van der Waals surface area contributed by atoms with E-state index in [0.717, 1.165) is 12.1 Å². The zero-order valence-electron chi connectivity index (χ0n) is 11.6. The molecule has 0 aromatic carbocycles. The van der Waals surface area contributed by atoms with Gasteiger partial charge in [-0.15, -0.1) is 0 Å². The predicted octanol–water partition coefficient (Wildman–Crippen LogP) is 3.61. The highest BCUT2D eigenvalue weighted by Crippen LogP contribution is 2.27. The van der Waals surface area contributed by atoms with Crippen LogP contribution in [-0.4, -0.2) is 16.9 Å². The molecule has 1 N–H and O–H groups in total. The van der Waals surface area contributed by atoms with E-state index in [9.17, 15) is 4.79 Å². The quantitative estimate of drug-likeness (QED) is 0.856. The lowest BCUT2D eigenvalue weighted by atomic mass is 9.99. The Morgan fingerprint density at radius 1 is 1.47 bits per heavy atom. The van der Waals surface area contributed by atoms with Crippen molar-refractivity contribution in [2.24, 2.45) is 5.92 Å². The minimum absolute atomic E-state index is 0.0431. The van der Waals surface area contributed by atoms with E-state index in [-0.39, 0.29) is 11.9 Å². The summed E-state index contributed by atoms with van der Waals surface area (Å²) in [5.74, 6) is 0.574. The van der Waals surface area contributed by atoms with Gasteiger partial charge < -0.3 is 5.32 Å². The van der Waals surface area contributed by atoms with Gasteiger partial charge in [-0.3, -0.25) is 4.79 Å². The predicted molar refractivity (Wildman–Crippen MR) is 77.5 cm³/mol. The molecule has 0 spiro atoms. The van der Waals surface area contributed by atoms with Gasteiger partial charge in [0.05, 0.1) is 0 Å². The molecule has 0 aliphatic heterocycles. The molecule has 0 bridgehead atoms. The SMILES string of the molecule is CCc1cc(C(=O)NC(C)C2CCCC2)cc(Cl)n1. The summed E-state index contributed by atoms with van der Waals surface area (Å²) in [6.07, 6.45) is 5.79. The minimum atomic E-state index is -0.0431. The lowest BCUT2D eigenvalue weighted by molar-refractivity contribution is 0.0927. The lowest BCUT2D eigenvalue weighted by Crippen LogP contribution is -2.37. The van der Waals surface area contributed by atoms with Crippen molar-refractivity contribution in [2.75, 3.05) is 0 Å². The molecular formula is C15H21ClN2O. The maximum absolute atomic E-state index is 12.2. The molecule has 1 aromatic rings. The first-order valence-corrected chi connectivity index (χ1v) is 7.45. The molecular weight excluding hydrogens is 260 g/mol. The Morgan fingerprint density at radius 2 is 2.16 bits per heavy atom. The number of pyridine rings is 1. The fourth-order valence-corrected chi connectivity index (χ4v) is 2.95. The van der Waals surface area contributed by atoms with Crippen molar-refractivity contribution in [3.63, 3.8) is 0 Å². The Morgan fingerprint density at radius 3 is 2.79 bits per heavy atom. The molecule has 4 heteroatoms. The first-order chi connectivity index (χ1) is 9.10. The Bertz CT molecular complexity index is 455. The van der Waals surface area contributed by atoms with Crippen LogP contribution in [0.25, 0.3) is 0 Å². The molecule has 1 saturated carbocycles. The summed E-state index contributed by atoms with van der Waals surface area (Å²) in [4.78, 5) is 16.4. The molecule has 2 rings (SSSR count). The van der Waals surface area contributed by atoms with Gasteiger partial charge in [0, 0.05) is 17.3 Å². The molecule has 1 atom stereocenters. The highest BCUT2D eigenvalue weighted by atomic mass is 35.5. The number of carbonyl (C=O) groups is 1. The van der Waals surface area contributed by atoms with E-state index in [4.69, 9.17) is 11.6 Å². The molecule has 1 aromatic heterocycles. The van der Waals surface area contributed by atoms with E-state index in [1.807, 2.05) is 13.0 Å². The molecule has 1 unspecified atom stereocenters. The minimum Gasteiger partial charge on any atom is -0.349 e. The smallest absolute Gasteiger partial charge is 0.251 e. The number of aromatic nitrogens is 1. The number of nitrogens with one attached hydrogen (secondary N) is 1. The third-order valence-electron chi connectivity index (χ3n) is 3.94. The average molecular weight is 281 g/mol. The summed E-state index contributed by atoms with van der Waals surface area (Å²) < 4.78 is 0. The van der Waals surface area contributed by atoms with Gasteiger partial charge in [-0.1, -0.05) is 31.4 Å². The third-order valence-corrected chi connectivity index (χ3v) is 4.13. The molecule has 104 valence electrons. The van der Waals surface area contributed by atoms with E-state index in [2.05, 4.69) is 17.2 Å². The number of nitrogens with zero attached hydrogens (tertiary/aromatic N) is 1. The van der Waals surface area contributed by atoms with Crippen LogP contribution in [0.15, 0.2) is 12.1 Å². The van der Waals surface area contributed by atoms with E-state index >= 15 is 0 Å². The second kappa shape index (κ2) is 6.38. The van der Waals surface area contributed by atoms with Gasteiger partial charge in [0.2, 0.25) is 0 Å². The van der Waals surface area contributed by atoms with Crippen LogP contribution >= 0.6 is 11.6 Å². The van der Waals surface area contributed by atoms with Crippen molar-refractivity contribution in [2.45, 2.75) is 52.0 Å². The Labute approximate surface area is 119 Å². The van der Waals surface area contributed by atoms with Gasteiger partial charge in [0.1, 0.15) is 5.15 Å². The molecule has 3 nitrogen and oxygen atoms in total. The molecule has 0 radical (unpaired) electrons. The number of aryl methyl sites for hydroxylation is 1. The fourth-order valence-electron chi connectivity index (χ4n) is 2.73. The molecule has 19 heavy (non-hydrogen) atoms. The van der Waals surface area contributed by atoms with Gasteiger partial charge in [0.25, 0.3) is 5.91 Å². The summed E-state index contributed by atoms with van der Waals surface area (Å²) in [6, 6.07) is 3.69.